The molecule has 0 N–H and O–H groups in total. The normalized spacial score (nSPS) is 34.2. The zero-order valence-corrected chi connectivity index (χ0v) is 21.6. The van der Waals surface area contributed by atoms with Gasteiger partial charge in [-0.2, -0.15) is 4.80 Å². The lowest BCUT2D eigenvalue weighted by atomic mass is 9.46. The molecular weight excluding hydrogens is 456 g/mol. The number of hydrogen-bond donors (Lipinski definition) is 0. The smallest absolute Gasteiger partial charge is 0.167 e. The first-order valence-electron chi connectivity index (χ1n) is 13.2. The van der Waals surface area contributed by atoms with Crippen LogP contribution in [0.3, 0.4) is 0 Å². The van der Waals surface area contributed by atoms with Crippen LogP contribution < -0.4 is 0 Å². The number of hydrogen-bond acceptors (Lipinski definition) is 7. The van der Waals surface area contributed by atoms with Crippen LogP contribution in [-0.4, -0.2) is 39.8 Å². The molecule has 0 aromatic carbocycles. The molecule has 4 aromatic heterocycles. The first-order valence-corrected chi connectivity index (χ1v) is 14.0. The first kappa shape index (κ1) is 20.7. The van der Waals surface area contributed by atoms with E-state index >= 15 is 0 Å². The topological polar surface area (TPSA) is 86.7 Å². The Morgan fingerprint density at radius 1 is 1.11 bits per heavy atom. The highest BCUT2D eigenvalue weighted by Gasteiger charge is 2.61. The fraction of sp³-hybridized carbons (Fsp3) is 0.692. The lowest BCUT2D eigenvalue weighted by molar-refractivity contribution is -0.0785. The van der Waals surface area contributed by atoms with E-state index in [9.17, 15) is 0 Å². The predicted octanol–water partition coefficient (Wildman–Crippen LogP) is 4.72. The van der Waals surface area contributed by atoms with E-state index in [4.69, 9.17) is 15.1 Å². The molecule has 0 spiro atoms. The summed E-state index contributed by atoms with van der Waals surface area (Å²) in [5, 5.41) is 19.3. The standard InChI is InChI=1S/C26H32N8S/c1-24(2,3)17-4-5-18-19(7-17)35-22-20(18)21-30-23(31-33(21)14-27-22)25-8-15-6-16(9-25)11-26(10-15,12-25)34-29-13-28-32-34/h13-17H,4-12H2,1-3H3/t15-,16+,17-,25?,26?/m1/s1. The van der Waals surface area contributed by atoms with Gasteiger partial charge in [-0.15, -0.1) is 26.6 Å². The van der Waals surface area contributed by atoms with Gasteiger partial charge in [0.2, 0.25) is 0 Å². The number of thiophene rings is 1. The van der Waals surface area contributed by atoms with Crippen LogP contribution in [-0.2, 0) is 23.8 Å². The van der Waals surface area contributed by atoms with Crippen molar-refractivity contribution < 1.29 is 0 Å². The molecular formula is C26H32N8S. The lowest BCUT2D eigenvalue weighted by Crippen LogP contribution is -2.59. The number of tetrazole rings is 1. The van der Waals surface area contributed by atoms with Gasteiger partial charge in [0.05, 0.1) is 10.9 Å². The van der Waals surface area contributed by atoms with Gasteiger partial charge in [-0.05, 0) is 91.7 Å². The Labute approximate surface area is 208 Å². The second-order valence-corrected chi connectivity index (χ2v) is 14.2. The van der Waals surface area contributed by atoms with E-state index in [1.165, 1.54) is 41.5 Å². The quantitative estimate of drug-likeness (QED) is 0.406. The second kappa shape index (κ2) is 6.66. The molecule has 4 bridgehead atoms. The predicted molar refractivity (Wildman–Crippen MR) is 133 cm³/mol. The fourth-order valence-electron chi connectivity index (χ4n) is 8.63. The second-order valence-electron chi connectivity index (χ2n) is 13.1. The molecule has 35 heavy (non-hydrogen) atoms. The van der Waals surface area contributed by atoms with Crippen molar-refractivity contribution in [1.29, 1.82) is 0 Å². The van der Waals surface area contributed by atoms with E-state index in [-0.39, 0.29) is 11.0 Å². The maximum absolute atomic E-state index is 5.34. The number of rotatable bonds is 2. The minimum Gasteiger partial charge on any atom is -0.225 e. The van der Waals surface area contributed by atoms with Crippen LogP contribution in [0, 0.1) is 23.2 Å². The average Bonchev–Trinajstić information content (AvgIpc) is 3.54. The van der Waals surface area contributed by atoms with E-state index in [1.54, 1.807) is 6.33 Å². The monoisotopic (exact) mass is 488 g/mol. The Bertz CT molecular complexity index is 1440. The number of aromatic nitrogens is 8. The molecule has 2 unspecified atom stereocenters. The molecule has 4 fully saturated rings. The summed E-state index contributed by atoms with van der Waals surface area (Å²) in [5.41, 5.74) is 2.81. The Kier molecular flexibility index (Phi) is 3.95. The van der Waals surface area contributed by atoms with Crippen molar-refractivity contribution >= 4 is 27.2 Å². The molecule has 8 nitrogen and oxygen atoms in total. The van der Waals surface area contributed by atoms with E-state index in [1.807, 2.05) is 27.0 Å². The van der Waals surface area contributed by atoms with Crippen LogP contribution in [0.2, 0.25) is 0 Å². The van der Waals surface area contributed by atoms with E-state index in [0.29, 0.717) is 17.3 Å². The van der Waals surface area contributed by atoms with Gasteiger partial charge < -0.3 is 0 Å². The van der Waals surface area contributed by atoms with Gasteiger partial charge in [-0.3, -0.25) is 0 Å². The minimum absolute atomic E-state index is 0.00344. The Hall–Kier alpha value is -2.42. The Morgan fingerprint density at radius 3 is 2.69 bits per heavy atom. The van der Waals surface area contributed by atoms with Crippen LogP contribution in [0.25, 0.3) is 15.9 Å². The van der Waals surface area contributed by atoms with Gasteiger partial charge in [0.15, 0.2) is 17.8 Å². The van der Waals surface area contributed by atoms with Crippen LogP contribution in [0.4, 0.5) is 0 Å². The van der Waals surface area contributed by atoms with Gasteiger partial charge in [0.25, 0.3) is 0 Å². The van der Waals surface area contributed by atoms with E-state index < -0.39 is 0 Å². The third-order valence-corrected chi connectivity index (χ3v) is 11.1. The van der Waals surface area contributed by atoms with Crippen molar-refractivity contribution in [2.24, 2.45) is 23.2 Å². The molecule has 0 aliphatic heterocycles. The summed E-state index contributed by atoms with van der Waals surface area (Å²) in [6, 6.07) is 0. The van der Waals surface area contributed by atoms with Gasteiger partial charge in [-0.25, -0.2) is 14.5 Å². The highest BCUT2D eigenvalue weighted by Crippen LogP contribution is 2.64. The van der Waals surface area contributed by atoms with Crippen LogP contribution in [0.15, 0.2) is 12.7 Å². The van der Waals surface area contributed by atoms with Crippen molar-refractivity contribution in [1.82, 2.24) is 39.8 Å². The number of nitrogens with zero attached hydrogens (tertiary/aromatic N) is 8. The molecule has 5 aliphatic carbocycles. The highest BCUT2D eigenvalue weighted by molar-refractivity contribution is 7.19. The summed E-state index contributed by atoms with van der Waals surface area (Å²) in [6.07, 6.45) is 14.0. The molecule has 182 valence electrons. The minimum atomic E-state index is -0.0326. The van der Waals surface area contributed by atoms with Gasteiger partial charge in [-0.1, -0.05) is 20.8 Å². The summed E-state index contributed by atoms with van der Waals surface area (Å²) in [6.45, 7) is 7.14. The van der Waals surface area contributed by atoms with E-state index in [2.05, 4.69) is 36.2 Å². The van der Waals surface area contributed by atoms with Gasteiger partial charge >= 0.3 is 0 Å². The molecule has 0 amide bonds. The number of aryl methyl sites for hydroxylation is 1. The SMILES string of the molecule is CC(C)(C)[C@@H]1CCc2c(sc3ncn4nc(C56C[C@H]7C[C@@H](C5)CC(n5ncnn5)(C7)C6)nc4c23)C1. The summed E-state index contributed by atoms with van der Waals surface area (Å²) >= 11 is 1.88. The molecule has 4 aromatic rings. The van der Waals surface area contributed by atoms with Crippen molar-refractivity contribution in [2.45, 2.75) is 89.5 Å². The summed E-state index contributed by atoms with van der Waals surface area (Å²) in [4.78, 5) is 14.8. The molecule has 9 heteroatoms. The highest BCUT2D eigenvalue weighted by atomic mass is 32.1. The maximum atomic E-state index is 5.34. The summed E-state index contributed by atoms with van der Waals surface area (Å²) < 4.78 is 1.97. The molecule has 5 atom stereocenters. The molecule has 4 heterocycles. The maximum Gasteiger partial charge on any atom is 0.167 e. The van der Waals surface area contributed by atoms with Crippen LogP contribution in [0.5, 0.6) is 0 Å². The van der Waals surface area contributed by atoms with Crippen molar-refractivity contribution in [2.75, 3.05) is 0 Å². The summed E-state index contributed by atoms with van der Waals surface area (Å²) in [5.74, 6) is 3.13. The molecule has 5 aliphatic rings. The largest absolute Gasteiger partial charge is 0.225 e. The van der Waals surface area contributed by atoms with Crippen LogP contribution in [0.1, 0.15) is 82.0 Å². The third kappa shape index (κ3) is 2.84. The fourth-order valence-corrected chi connectivity index (χ4v) is 9.89. The molecule has 4 saturated carbocycles. The first-order chi connectivity index (χ1) is 16.8. The number of fused-ring (bicyclic) bond motifs is 5. The van der Waals surface area contributed by atoms with E-state index in [0.717, 1.165) is 54.3 Å². The molecule has 9 rings (SSSR count). The average molecular weight is 489 g/mol. The summed E-state index contributed by atoms with van der Waals surface area (Å²) in [7, 11) is 0. The van der Waals surface area contributed by atoms with Crippen LogP contribution >= 0.6 is 11.3 Å². The Morgan fingerprint density at radius 2 is 1.94 bits per heavy atom. The van der Waals surface area contributed by atoms with Gasteiger partial charge in [0, 0.05) is 10.3 Å². The van der Waals surface area contributed by atoms with Gasteiger partial charge in [0.1, 0.15) is 11.2 Å². The van der Waals surface area contributed by atoms with Crippen molar-refractivity contribution in [3.05, 3.63) is 28.9 Å². The lowest BCUT2D eigenvalue weighted by Gasteiger charge is -2.60. The molecule has 0 saturated heterocycles. The third-order valence-electron chi connectivity index (χ3n) is 9.89. The van der Waals surface area contributed by atoms with Crippen molar-refractivity contribution in [3.8, 4) is 0 Å². The zero-order chi connectivity index (χ0) is 23.6. The van der Waals surface area contributed by atoms with Crippen molar-refractivity contribution in [3.63, 3.8) is 0 Å². The molecule has 0 radical (unpaired) electrons. The Balaban J connectivity index is 1.25. The zero-order valence-electron chi connectivity index (χ0n) is 20.7.